The van der Waals surface area contributed by atoms with Crippen LogP contribution in [0.15, 0.2) is 18.2 Å². The number of halogens is 2. The van der Waals surface area contributed by atoms with E-state index in [-0.39, 0.29) is 6.04 Å². The van der Waals surface area contributed by atoms with Crippen LogP contribution in [0.2, 0.25) is 10.0 Å². The normalized spacial score (nSPS) is 24.7. The average molecular weight is 297 g/mol. The molecule has 19 heavy (non-hydrogen) atoms. The lowest BCUT2D eigenvalue weighted by atomic mass is 9.85. The van der Waals surface area contributed by atoms with Crippen molar-refractivity contribution in [1.82, 2.24) is 5.32 Å². The van der Waals surface area contributed by atoms with Crippen LogP contribution >= 0.6 is 23.2 Å². The second-order valence-corrected chi connectivity index (χ2v) is 6.08. The third-order valence-electron chi connectivity index (χ3n) is 3.90. The van der Waals surface area contributed by atoms with E-state index in [2.05, 4.69) is 18.3 Å². The van der Waals surface area contributed by atoms with Crippen molar-refractivity contribution in [1.29, 1.82) is 5.26 Å². The highest BCUT2D eigenvalue weighted by Crippen LogP contribution is 2.29. The lowest BCUT2D eigenvalue weighted by Crippen LogP contribution is -2.39. The Hall–Kier alpha value is -0.750. The highest BCUT2D eigenvalue weighted by Gasteiger charge is 2.24. The lowest BCUT2D eigenvalue weighted by molar-refractivity contribution is 0.271. The van der Waals surface area contributed by atoms with Gasteiger partial charge in [0.25, 0.3) is 0 Å². The first-order valence-electron chi connectivity index (χ1n) is 6.72. The molecule has 0 aliphatic heterocycles. The minimum atomic E-state index is -0.319. The predicted octanol–water partition coefficient (Wildman–Crippen LogP) is 4.73. The van der Waals surface area contributed by atoms with E-state index in [1.165, 1.54) is 19.3 Å². The van der Waals surface area contributed by atoms with Crippen molar-refractivity contribution in [2.45, 2.75) is 44.7 Å². The van der Waals surface area contributed by atoms with Gasteiger partial charge in [0.2, 0.25) is 0 Å². The Bertz CT molecular complexity index is 482. The maximum Gasteiger partial charge on any atom is 0.121 e. The zero-order chi connectivity index (χ0) is 13.8. The van der Waals surface area contributed by atoms with Crippen LogP contribution in [0.3, 0.4) is 0 Å². The Kier molecular flexibility index (Phi) is 5.10. The molecule has 4 heteroatoms. The number of benzene rings is 1. The fraction of sp³-hybridized carbons (Fsp3) is 0.533. The molecule has 2 nitrogen and oxygen atoms in total. The number of hydrogen-bond donors (Lipinski definition) is 1. The summed E-state index contributed by atoms with van der Waals surface area (Å²) in [6.07, 6.45) is 4.91. The van der Waals surface area contributed by atoms with Crippen molar-refractivity contribution in [3.05, 3.63) is 33.8 Å². The summed E-state index contributed by atoms with van der Waals surface area (Å²) in [6.45, 7) is 2.25. The number of nitrogens with zero attached hydrogens (tertiary/aromatic N) is 1. The minimum absolute atomic E-state index is 0.319. The Morgan fingerprint density at radius 3 is 2.63 bits per heavy atom. The third kappa shape index (κ3) is 3.63. The van der Waals surface area contributed by atoms with Gasteiger partial charge in [0, 0.05) is 6.04 Å². The van der Waals surface area contributed by atoms with Crippen LogP contribution in [0.4, 0.5) is 0 Å². The van der Waals surface area contributed by atoms with E-state index < -0.39 is 0 Å². The molecule has 1 aromatic rings. The van der Waals surface area contributed by atoms with Gasteiger partial charge in [-0.2, -0.15) is 5.26 Å². The second-order valence-electron chi connectivity index (χ2n) is 5.27. The van der Waals surface area contributed by atoms with Gasteiger partial charge in [0.15, 0.2) is 0 Å². The number of rotatable bonds is 3. The predicted molar refractivity (Wildman–Crippen MR) is 79.4 cm³/mol. The Morgan fingerprint density at radius 2 is 2.00 bits per heavy atom. The molecule has 1 saturated carbocycles. The summed E-state index contributed by atoms with van der Waals surface area (Å²) in [5, 5.41) is 13.8. The second kappa shape index (κ2) is 6.61. The molecule has 1 aliphatic carbocycles. The standard InChI is InChI=1S/C15H18Cl2N2/c1-10-4-2-3-5-14(10)19-15(9-18)11-6-7-12(16)13(17)8-11/h6-8,10,14-15,19H,2-5H2,1H3. The van der Waals surface area contributed by atoms with Crippen LogP contribution in [0.25, 0.3) is 0 Å². The van der Waals surface area contributed by atoms with Crippen molar-refractivity contribution < 1.29 is 0 Å². The topological polar surface area (TPSA) is 35.8 Å². The molecule has 0 spiro atoms. The van der Waals surface area contributed by atoms with E-state index in [4.69, 9.17) is 23.2 Å². The van der Waals surface area contributed by atoms with Crippen LogP contribution in [-0.2, 0) is 0 Å². The van der Waals surface area contributed by atoms with Gasteiger partial charge >= 0.3 is 0 Å². The molecule has 3 atom stereocenters. The van der Waals surface area contributed by atoms with E-state index >= 15 is 0 Å². The molecule has 1 aromatic carbocycles. The maximum atomic E-state index is 9.37. The summed E-state index contributed by atoms with van der Waals surface area (Å²) < 4.78 is 0. The first kappa shape index (κ1) is 14.7. The van der Waals surface area contributed by atoms with Gasteiger partial charge in [-0.05, 0) is 36.5 Å². The molecule has 2 rings (SSSR count). The van der Waals surface area contributed by atoms with E-state index in [9.17, 15) is 5.26 Å². The van der Waals surface area contributed by atoms with Crippen molar-refractivity contribution in [2.24, 2.45) is 5.92 Å². The highest BCUT2D eigenvalue weighted by molar-refractivity contribution is 6.42. The third-order valence-corrected chi connectivity index (χ3v) is 4.64. The fourth-order valence-corrected chi connectivity index (χ4v) is 2.98. The van der Waals surface area contributed by atoms with E-state index in [1.54, 1.807) is 12.1 Å². The molecule has 0 heterocycles. The Balaban J connectivity index is 2.11. The quantitative estimate of drug-likeness (QED) is 0.875. The molecule has 0 bridgehead atoms. The molecule has 1 fully saturated rings. The van der Waals surface area contributed by atoms with Gasteiger partial charge in [0.05, 0.1) is 16.1 Å². The smallest absolute Gasteiger partial charge is 0.121 e. The zero-order valence-corrected chi connectivity index (χ0v) is 12.5. The van der Waals surface area contributed by atoms with E-state index in [0.29, 0.717) is 22.0 Å². The summed E-state index contributed by atoms with van der Waals surface area (Å²) in [6, 6.07) is 7.80. The fourth-order valence-electron chi connectivity index (χ4n) is 2.68. The summed E-state index contributed by atoms with van der Waals surface area (Å²) in [7, 11) is 0. The van der Waals surface area contributed by atoms with Gasteiger partial charge in [-0.15, -0.1) is 0 Å². The summed E-state index contributed by atoms with van der Waals surface area (Å²) >= 11 is 11.9. The molecule has 0 aromatic heterocycles. The summed E-state index contributed by atoms with van der Waals surface area (Å²) in [5.41, 5.74) is 0.884. The Morgan fingerprint density at radius 1 is 1.26 bits per heavy atom. The van der Waals surface area contributed by atoms with Crippen molar-refractivity contribution in [3.8, 4) is 6.07 Å². The van der Waals surface area contributed by atoms with Gasteiger partial charge in [0.1, 0.15) is 6.04 Å². The van der Waals surface area contributed by atoms with Gasteiger partial charge < -0.3 is 0 Å². The molecular weight excluding hydrogens is 279 g/mol. The van der Waals surface area contributed by atoms with Gasteiger partial charge in [-0.1, -0.05) is 49.0 Å². The van der Waals surface area contributed by atoms with Crippen molar-refractivity contribution >= 4 is 23.2 Å². The van der Waals surface area contributed by atoms with Crippen molar-refractivity contribution in [3.63, 3.8) is 0 Å². The number of nitriles is 1. The number of nitrogens with one attached hydrogen (secondary N) is 1. The van der Waals surface area contributed by atoms with Crippen molar-refractivity contribution in [2.75, 3.05) is 0 Å². The summed E-state index contributed by atoms with van der Waals surface area (Å²) in [4.78, 5) is 0. The lowest BCUT2D eigenvalue weighted by Gasteiger charge is -2.31. The van der Waals surface area contributed by atoms with Crippen LogP contribution in [0, 0.1) is 17.2 Å². The van der Waals surface area contributed by atoms with E-state index in [0.717, 1.165) is 12.0 Å². The molecule has 0 saturated heterocycles. The molecule has 0 amide bonds. The van der Waals surface area contributed by atoms with Crippen LogP contribution < -0.4 is 5.32 Å². The molecule has 0 radical (unpaired) electrons. The minimum Gasteiger partial charge on any atom is -0.295 e. The van der Waals surface area contributed by atoms with Gasteiger partial charge in [-0.25, -0.2) is 0 Å². The monoisotopic (exact) mass is 296 g/mol. The van der Waals surface area contributed by atoms with Crippen LogP contribution in [0.1, 0.15) is 44.2 Å². The maximum absolute atomic E-state index is 9.37. The Labute approximate surface area is 124 Å². The SMILES string of the molecule is CC1CCCCC1NC(C#N)c1ccc(Cl)c(Cl)c1. The van der Waals surface area contributed by atoms with Crippen LogP contribution in [-0.4, -0.2) is 6.04 Å². The molecular formula is C15H18Cl2N2. The summed E-state index contributed by atoms with van der Waals surface area (Å²) in [5.74, 6) is 0.618. The largest absolute Gasteiger partial charge is 0.295 e. The van der Waals surface area contributed by atoms with E-state index in [1.807, 2.05) is 6.07 Å². The molecule has 3 unspecified atom stereocenters. The first-order chi connectivity index (χ1) is 9.11. The highest BCUT2D eigenvalue weighted by atomic mass is 35.5. The molecule has 102 valence electrons. The van der Waals surface area contributed by atoms with Crippen LogP contribution in [0.5, 0.6) is 0 Å². The molecule has 1 N–H and O–H groups in total. The number of hydrogen-bond acceptors (Lipinski definition) is 2. The zero-order valence-electron chi connectivity index (χ0n) is 11.0. The van der Waals surface area contributed by atoms with Gasteiger partial charge in [-0.3, -0.25) is 5.32 Å². The first-order valence-corrected chi connectivity index (χ1v) is 7.48. The average Bonchev–Trinajstić information content (AvgIpc) is 2.41. The molecule has 1 aliphatic rings.